The Morgan fingerprint density at radius 2 is 1.68 bits per heavy atom. The van der Waals surface area contributed by atoms with Crippen molar-refractivity contribution in [2.75, 3.05) is 5.32 Å². The molecule has 3 rings (SSSR count). The van der Waals surface area contributed by atoms with Crippen LogP contribution in [-0.2, 0) is 12.7 Å². The third-order valence-corrected chi connectivity index (χ3v) is 5.08. The van der Waals surface area contributed by atoms with E-state index in [2.05, 4.69) is 15.8 Å². The second-order valence-corrected chi connectivity index (χ2v) is 7.64. The van der Waals surface area contributed by atoms with Crippen molar-refractivity contribution in [2.45, 2.75) is 39.5 Å². The molecule has 0 aliphatic heterocycles. The van der Waals surface area contributed by atoms with Gasteiger partial charge < -0.3 is 15.2 Å². The fourth-order valence-corrected chi connectivity index (χ4v) is 2.88. The number of para-hydroxylation sites is 1. The molecule has 1 unspecified atom stereocenters. The van der Waals surface area contributed by atoms with Gasteiger partial charge in [0.2, 0.25) is 0 Å². The third-order valence-electron chi connectivity index (χ3n) is 5.08. The zero-order valence-electron chi connectivity index (χ0n) is 17.5. The summed E-state index contributed by atoms with van der Waals surface area (Å²) >= 11 is 0. The van der Waals surface area contributed by atoms with Crippen LogP contribution < -0.4 is 10.6 Å². The summed E-state index contributed by atoms with van der Waals surface area (Å²) in [4.78, 5) is 12.8. The Balaban J connectivity index is 1.94. The summed E-state index contributed by atoms with van der Waals surface area (Å²) in [6, 6.07) is 13.8. The average Bonchev–Trinajstić information content (AvgIpc) is 3.16. The highest BCUT2D eigenvalue weighted by Crippen LogP contribution is 2.33. The summed E-state index contributed by atoms with van der Waals surface area (Å²) in [6.45, 7) is 6.07. The van der Waals surface area contributed by atoms with Gasteiger partial charge in [-0.1, -0.05) is 49.3 Å². The lowest BCUT2D eigenvalue weighted by molar-refractivity contribution is -0.137. The molecule has 0 saturated carbocycles. The Labute approximate surface area is 178 Å². The van der Waals surface area contributed by atoms with Crippen molar-refractivity contribution >= 4 is 11.6 Å². The number of hydrogen-bond donors (Lipinski definition) is 2. The number of carbonyl (C=O) groups is 1. The predicted molar refractivity (Wildman–Crippen MR) is 112 cm³/mol. The fraction of sp³-hybridized carbons (Fsp3) is 0.304. The normalized spacial score (nSPS) is 12.6. The van der Waals surface area contributed by atoms with E-state index in [1.54, 1.807) is 0 Å². The highest BCUT2D eigenvalue weighted by Gasteiger charge is 2.31. The summed E-state index contributed by atoms with van der Waals surface area (Å²) in [5, 5.41) is 10.0. The van der Waals surface area contributed by atoms with E-state index in [0.29, 0.717) is 11.1 Å². The van der Waals surface area contributed by atoms with Crippen LogP contribution in [-0.4, -0.2) is 17.1 Å². The Morgan fingerprint density at radius 1 is 1.03 bits per heavy atom. The minimum atomic E-state index is -4.43. The van der Waals surface area contributed by atoms with Crippen LogP contribution in [0.25, 0.3) is 11.3 Å². The smallest absolute Gasteiger partial charge is 0.381 e. The molecule has 0 fully saturated rings. The monoisotopic (exact) mass is 431 g/mol. The maximum Gasteiger partial charge on any atom is 0.416 e. The van der Waals surface area contributed by atoms with Gasteiger partial charge in [0.1, 0.15) is 0 Å². The van der Waals surface area contributed by atoms with Gasteiger partial charge in [0.15, 0.2) is 11.5 Å². The number of nitrogens with zero attached hydrogens (tertiary/aromatic N) is 1. The number of alkyl halides is 3. The molecule has 2 N–H and O–H groups in total. The van der Waals surface area contributed by atoms with Crippen LogP contribution >= 0.6 is 0 Å². The Bertz CT molecular complexity index is 1010. The molecule has 0 radical (unpaired) electrons. The molecule has 2 aromatic carbocycles. The Kier molecular flexibility index (Phi) is 6.68. The first-order valence-corrected chi connectivity index (χ1v) is 9.92. The van der Waals surface area contributed by atoms with Crippen molar-refractivity contribution in [3.63, 3.8) is 0 Å². The van der Waals surface area contributed by atoms with Crippen molar-refractivity contribution in [3.05, 3.63) is 71.4 Å². The SMILES string of the molecule is CC(C)C(C)NC(=O)c1noc(-c2ccc(C(F)(F)F)cc2)c1CNc1ccccc1. The van der Waals surface area contributed by atoms with Crippen LogP contribution in [0, 0.1) is 5.92 Å². The summed E-state index contributed by atoms with van der Waals surface area (Å²) in [5.41, 5.74) is 1.04. The molecule has 164 valence electrons. The lowest BCUT2D eigenvalue weighted by Gasteiger charge is -2.17. The average molecular weight is 431 g/mol. The number of halogens is 3. The van der Waals surface area contributed by atoms with E-state index in [1.807, 2.05) is 51.1 Å². The number of rotatable bonds is 7. The molecule has 31 heavy (non-hydrogen) atoms. The second-order valence-electron chi connectivity index (χ2n) is 7.64. The number of anilines is 1. The van der Waals surface area contributed by atoms with Crippen molar-refractivity contribution in [2.24, 2.45) is 5.92 Å². The van der Waals surface area contributed by atoms with Crippen molar-refractivity contribution in [1.82, 2.24) is 10.5 Å². The van der Waals surface area contributed by atoms with Gasteiger partial charge in [-0.25, -0.2) is 0 Å². The third kappa shape index (κ3) is 5.45. The first kappa shape index (κ1) is 22.4. The van der Waals surface area contributed by atoms with Crippen LogP contribution in [0.5, 0.6) is 0 Å². The maximum absolute atomic E-state index is 12.9. The zero-order valence-corrected chi connectivity index (χ0v) is 17.5. The number of benzene rings is 2. The first-order chi connectivity index (χ1) is 14.7. The number of carbonyl (C=O) groups excluding carboxylic acids is 1. The van der Waals surface area contributed by atoms with E-state index in [9.17, 15) is 18.0 Å². The molecule has 3 aromatic rings. The van der Waals surface area contributed by atoms with E-state index < -0.39 is 17.6 Å². The van der Waals surface area contributed by atoms with E-state index in [1.165, 1.54) is 12.1 Å². The fourth-order valence-electron chi connectivity index (χ4n) is 2.88. The van der Waals surface area contributed by atoms with Gasteiger partial charge in [-0.3, -0.25) is 4.79 Å². The number of hydrogen-bond acceptors (Lipinski definition) is 4. The molecule has 0 spiro atoms. The molecule has 1 atom stereocenters. The highest BCUT2D eigenvalue weighted by atomic mass is 19.4. The van der Waals surface area contributed by atoms with E-state index in [-0.39, 0.29) is 30.0 Å². The highest BCUT2D eigenvalue weighted by molar-refractivity contribution is 5.95. The molecule has 1 heterocycles. The van der Waals surface area contributed by atoms with Gasteiger partial charge in [-0.05, 0) is 37.1 Å². The summed E-state index contributed by atoms with van der Waals surface area (Å²) in [7, 11) is 0. The minimum absolute atomic E-state index is 0.0892. The maximum atomic E-state index is 12.9. The van der Waals surface area contributed by atoms with Crippen LogP contribution in [0.1, 0.15) is 42.4 Å². The van der Waals surface area contributed by atoms with Crippen LogP contribution in [0.2, 0.25) is 0 Å². The van der Waals surface area contributed by atoms with Crippen LogP contribution in [0.3, 0.4) is 0 Å². The van der Waals surface area contributed by atoms with E-state index in [0.717, 1.165) is 17.8 Å². The van der Waals surface area contributed by atoms with Gasteiger partial charge >= 0.3 is 6.18 Å². The van der Waals surface area contributed by atoms with Gasteiger partial charge in [0, 0.05) is 23.8 Å². The predicted octanol–water partition coefficient (Wildman–Crippen LogP) is 5.75. The van der Waals surface area contributed by atoms with Crippen molar-refractivity contribution < 1.29 is 22.5 Å². The minimum Gasteiger partial charge on any atom is -0.381 e. The lowest BCUT2D eigenvalue weighted by atomic mass is 10.0. The molecule has 5 nitrogen and oxygen atoms in total. The first-order valence-electron chi connectivity index (χ1n) is 9.92. The van der Waals surface area contributed by atoms with Crippen LogP contribution in [0.4, 0.5) is 18.9 Å². The Morgan fingerprint density at radius 3 is 2.26 bits per heavy atom. The van der Waals surface area contributed by atoms with Crippen LogP contribution in [0.15, 0.2) is 59.1 Å². The summed E-state index contributed by atoms with van der Waals surface area (Å²) < 4.78 is 44.1. The molecule has 1 amide bonds. The quantitative estimate of drug-likeness (QED) is 0.500. The molecule has 1 aromatic heterocycles. The van der Waals surface area contributed by atoms with E-state index >= 15 is 0 Å². The van der Waals surface area contributed by atoms with E-state index in [4.69, 9.17) is 4.52 Å². The summed E-state index contributed by atoms with van der Waals surface area (Å²) in [6.07, 6.45) is -4.43. The molecule has 8 heteroatoms. The molecule has 0 bridgehead atoms. The number of amides is 1. The van der Waals surface area contributed by atoms with Gasteiger partial charge in [-0.2, -0.15) is 13.2 Å². The van der Waals surface area contributed by atoms with Gasteiger partial charge in [-0.15, -0.1) is 0 Å². The Hall–Kier alpha value is -3.29. The standard InChI is InChI=1S/C23H24F3N3O2/c1-14(2)15(3)28-22(30)20-19(13-27-18-7-5-4-6-8-18)21(31-29-20)16-9-11-17(12-10-16)23(24,25)26/h4-12,14-15,27H,13H2,1-3H3,(H,28,30). The number of aromatic nitrogens is 1. The topological polar surface area (TPSA) is 67.2 Å². The molecule has 0 aliphatic rings. The molecular formula is C23H24F3N3O2. The van der Waals surface area contributed by atoms with Gasteiger partial charge in [0.05, 0.1) is 11.1 Å². The molecular weight excluding hydrogens is 407 g/mol. The van der Waals surface area contributed by atoms with Crippen molar-refractivity contribution in [1.29, 1.82) is 0 Å². The molecule has 0 saturated heterocycles. The largest absolute Gasteiger partial charge is 0.416 e. The lowest BCUT2D eigenvalue weighted by Crippen LogP contribution is -2.36. The molecule has 0 aliphatic carbocycles. The van der Waals surface area contributed by atoms with Crippen molar-refractivity contribution in [3.8, 4) is 11.3 Å². The van der Waals surface area contributed by atoms with Gasteiger partial charge in [0.25, 0.3) is 5.91 Å². The second kappa shape index (κ2) is 9.24. The summed E-state index contributed by atoms with van der Waals surface area (Å²) in [5.74, 6) is 0.0728. The number of nitrogens with one attached hydrogen (secondary N) is 2. The zero-order chi connectivity index (χ0) is 22.6.